The highest BCUT2D eigenvalue weighted by molar-refractivity contribution is 5.77. The molecule has 21 atom stereocenters. The summed E-state index contributed by atoms with van der Waals surface area (Å²) in [6.07, 6.45) is -17.8. The van der Waals surface area contributed by atoms with Gasteiger partial charge in [-0.15, -0.1) is 0 Å². The molecule has 56 heavy (non-hydrogen) atoms. The van der Waals surface area contributed by atoms with Crippen molar-refractivity contribution < 1.29 is 89.4 Å². The molecule has 3 aliphatic heterocycles. The van der Waals surface area contributed by atoms with Crippen LogP contribution < -0.4 is 0 Å². The first-order valence-electron chi connectivity index (χ1n) is 19.9. The van der Waals surface area contributed by atoms with Gasteiger partial charge in [-0.05, 0) is 86.5 Å². The van der Waals surface area contributed by atoms with E-state index in [1.54, 1.807) is 0 Å². The van der Waals surface area contributed by atoms with Crippen LogP contribution in [-0.2, 0) is 33.2 Å². The third-order valence-corrected chi connectivity index (χ3v) is 15.0. The quantitative estimate of drug-likeness (QED) is 0.0631. The summed E-state index contributed by atoms with van der Waals surface area (Å²) in [4.78, 5) is 14.1. The van der Waals surface area contributed by atoms with Crippen LogP contribution in [0.2, 0.25) is 0 Å². The monoisotopic (exact) mass is 804 g/mol. The smallest absolute Gasteiger partial charge is 0.314 e. The second-order valence-corrected chi connectivity index (χ2v) is 18.0. The number of ether oxygens (including phenoxy) is 6. The standard InChI is InChI=1S/C38H60O18/c1-16-11-37-9-5-20-35(2,7-4-8-36(20,3)34(50)55-32-29(49)26(46)23(43)18(13-40)52-32)21(37)6-10-38(16,15-37)56-33-30(27(47)24(44)19(14-41)53-33)54-31-28(48)25(45)22(42)17(12-39)51-31/h17-33,39-49H,1,4-15H2,2-3H3/t17-,18-,19-,20-,21+,22-,23-,24-,25+,26+,27+,28+,29+,30+,31+,32+,33+,35-,36-,37-,38+/m1/s1. The first-order chi connectivity index (χ1) is 26.4. The lowest BCUT2D eigenvalue weighted by atomic mass is 9.41. The van der Waals surface area contributed by atoms with Gasteiger partial charge >= 0.3 is 5.97 Å². The Balaban J connectivity index is 1.10. The number of esters is 1. The summed E-state index contributed by atoms with van der Waals surface area (Å²) in [5.74, 6) is -0.591. The summed E-state index contributed by atoms with van der Waals surface area (Å²) in [5, 5.41) is 114. The van der Waals surface area contributed by atoms with Crippen LogP contribution in [0.1, 0.15) is 71.6 Å². The van der Waals surface area contributed by atoms with Gasteiger partial charge in [0.1, 0.15) is 73.2 Å². The van der Waals surface area contributed by atoms with Gasteiger partial charge in [-0.2, -0.15) is 0 Å². The maximum atomic E-state index is 14.1. The van der Waals surface area contributed by atoms with Crippen LogP contribution in [0.4, 0.5) is 0 Å². The van der Waals surface area contributed by atoms with Crippen molar-refractivity contribution in [1.29, 1.82) is 0 Å². The second kappa shape index (κ2) is 15.6. The molecule has 11 N–H and O–H groups in total. The summed E-state index contributed by atoms with van der Waals surface area (Å²) in [6, 6.07) is 0. The molecule has 320 valence electrons. The molecule has 0 aromatic carbocycles. The van der Waals surface area contributed by atoms with Crippen LogP contribution in [0.25, 0.3) is 0 Å². The van der Waals surface area contributed by atoms with Gasteiger partial charge in [-0.3, -0.25) is 4.79 Å². The molecule has 7 fully saturated rings. The summed E-state index contributed by atoms with van der Waals surface area (Å²) in [7, 11) is 0. The van der Waals surface area contributed by atoms with E-state index in [9.17, 15) is 61.0 Å². The van der Waals surface area contributed by atoms with Crippen molar-refractivity contribution in [3.63, 3.8) is 0 Å². The Bertz CT molecular complexity index is 1450. The van der Waals surface area contributed by atoms with E-state index in [-0.39, 0.29) is 22.7 Å². The Kier molecular flexibility index (Phi) is 11.9. The molecule has 0 aromatic rings. The fourth-order valence-electron chi connectivity index (χ4n) is 12.0. The van der Waals surface area contributed by atoms with Crippen molar-refractivity contribution in [2.24, 2.45) is 28.1 Å². The lowest BCUT2D eigenvalue weighted by Crippen LogP contribution is -2.65. The van der Waals surface area contributed by atoms with E-state index < -0.39 is 129 Å². The molecule has 7 aliphatic rings. The number of rotatable bonds is 9. The second-order valence-electron chi connectivity index (χ2n) is 18.0. The molecule has 18 heteroatoms. The van der Waals surface area contributed by atoms with Gasteiger partial charge in [0.25, 0.3) is 0 Å². The highest BCUT2D eigenvalue weighted by Gasteiger charge is 2.69. The maximum absolute atomic E-state index is 14.1. The molecule has 4 saturated carbocycles. The molecule has 0 radical (unpaired) electrons. The summed E-state index contributed by atoms with van der Waals surface area (Å²) in [6.45, 7) is 6.52. The van der Waals surface area contributed by atoms with Crippen molar-refractivity contribution in [3.8, 4) is 0 Å². The zero-order valence-corrected chi connectivity index (χ0v) is 31.8. The summed E-state index contributed by atoms with van der Waals surface area (Å²) < 4.78 is 35.6. The number of hydrogen-bond donors (Lipinski definition) is 11. The normalized spacial score (nSPS) is 54.6. The predicted octanol–water partition coefficient (Wildman–Crippen LogP) is -2.94. The van der Waals surface area contributed by atoms with E-state index in [0.717, 1.165) is 18.4 Å². The van der Waals surface area contributed by atoms with Crippen molar-refractivity contribution in [2.75, 3.05) is 19.8 Å². The van der Waals surface area contributed by atoms with Gasteiger partial charge in [0.05, 0.1) is 30.8 Å². The molecule has 4 aliphatic carbocycles. The molecule has 3 heterocycles. The first kappa shape index (κ1) is 42.7. The van der Waals surface area contributed by atoms with Crippen molar-refractivity contribution in [1.82, 2.24) is 0 Å². The summed E-state index contributed by atoms with van der Waals surface area (Å²) >= 11 is 0. The zero-order chi connectivity index (χ0) is 40.7. The minimum Gasteiger partial charge on any atom is -0.432 e. The molecule has 0 aromatic heterocycles. The lowest BCUT2D eigenvalue weighted by molar-refractivity contribution is -0.378. The van der Waals surface area contributed by atoms with Crippen LogP contribution in [0.3, 0.4) is 0 Å². The molecule has 18 nitrogen and oxygen atoms in total. The molecular formula is C38H60O18. The van der Waals surface area contributed by atoms with Gasteiger partial charge in [0.2, 0.25) is 6.29 Å². The zero-order valence-electron chi connectivity index (χ0n) is 31.8. The van der Waals surface area contributed by atoms with E-state index in [1.165, 1.54) is 0 Å². The number of fused-ring (bicyclic) bond motifs is 3. The molecule has 0 unspecified atom stereocenters. The largest absolute Gasteiger partial charge is 0.432 e. The SMILES string of the molecule is C=C1C[C@@]23CC[C@@H]4[C@@](C)(CCC[C@@]4(C)C(=O)O[C@@H]4O[C@H](CO)[C@@H](O)[C@H](O)[C@@H]4O)[C@@H]2CC[C@]1(O[C@@H]1O[C@H](CO)[C@@H](O)[C@H](O)[C@@H]1O[C@@H]1O[C@H](CO)[C@@H](O)[C@H](O)[C@@H]1O)C3. The highest BCUT2D eigenvalue weighted by atomic mass is 16.8. The van der Waals surface area contributed by atoms with Crippen molar-refractivity contribution >= 4 is 5.97 Å². The first-order valence-corrected chi connectivity index (χ1v) is 19.9. The Morgan fingerprint density at radius 3 is 1.82 bits per heavy atom. The number of carbonyl (C=O) groups is 1. The van der Waals surface area contributed by atoms with E-state index in [4.69, 9.17) is 28.4 Å². The fraction of sp³-hybridized carbons (Fsp3) is 0.921. The van der Waals surface area contributed by atoms with Crippen molar-refractivity contribution in [3.05, 3.63) is 12.2 Å². The minimum absolute atomic E-state index is 0.121. The van der Waals surface area contributed by atoms with Crippen molar-refractivity contribution in [2.45, 2.75) is 169 Å². The van der Waals surface area contributed by atoms with Gasteiger partial charge in [0.15, 0.2) is 12.6 Å². The van der Waals surface area contributed by atoms with Crippen LogP contribution in [-0.4, -0.2) is 180 Å². The van der Waals surface area contributed by atoms with Gasteiger partial charge in [0, 0.05) is 0 Å². The fourth-order valence-corrected chi connectivity index (χ4v) is 12.0. The molecule has 7 rings (SSSR count). The van der Waals surface area contributed by atoms with Crippen LogP contribution >= 0.6 is 0 Å². The third kappa shape index (κ3) is 6.69. The maximum Gasteiger partial charge on any atom is 0.314 e. The molecule has 3 saturated heterocycles. The average molecular weight is 805 g/mol. The molecule has 1 spiro atoms. The van der Waals surface area contributed by atoms with E-state index in [1.807, 2.05) is 6.92 Å². The van der Waals surface area contributed by atoms with E-state index in [2.05, 4.69) is 13.5 Å². The van der Waals surface area contributed by atoms with Gasteiger partial charge in [-0.25, -0.2) is 0 Å². The summed E-state index contributed by atoms with van der Waals surface area (Å²) in [5.41, 5.74) is -1.80. The van der Waals surface area contributed by atoms with Crippen LogP contribution in [0, 0.1) is 28.1 Å². The van der Waals surface area contributed by atoms with E-state index in [0.29, 0.717) is 44.9 Å². The Hall–Kier alpha value is -1.43. The number of hydrogen-bond acceptors (Lipinski definition) is 18. The third-order valence-electron chi connectivity index (χ3n) is 15.0. The van der Waals surface area contributed by atoms with E-state index >= 15 is 0 Å². The minimum atomic E-state index is -1.81. The number of carbonyl (C=O) groups excluding carboxylic acids is 1. The molecular weight excluding hydrogens is 744 g/mol. The number of aliphatic hydroxyl groups is 11. The van der Waals surface area contributed by atoms with Crippen LogP contribution in [0.15, 0.2) is 12.2 Å². The van der Waals surface area contributed by atoms with Crippen LogP contribution in [0.5, 0.6) is 0 Å². The van der Waals surface area contributed by atoms with Gasteiger partial charge < -0.3 is 84.6 Å². The average Bonchev–Trinajstić information content (AvgIpc) is 3.37. The number of aliphatic hydroxyl groups excluding tert-OH is 11. The lowest BCUT2D eigenvalue weighted by Gasteiger charge is -2.64. The molecule has 0 amide bonds. The topological polar surface area (TPSA) is 295 Å². The Morgan fingerprint density at radius 2 is 1.21 bits per heavy atom. The predicted molar refractivity (Wildman–Crippen MR) is 186 cm³/mol. The Labute approximate surface area is 324 Å². The Morgan fingerprint density at radius 1 is 0.679 bits per heavy atom. The highest BCUT2D eigenvalue weighted by Crippen LogP contribution is 2.73. The van der Waals surface area contributed by atoms with Gasteiger partial charge in [-0.1, -0.05) is 19.9 Å². The molecule has 2 bridgehead atoms.